The standard InChI is InChI=1S/C13H16N2O2/c1-8-7-11(13(16)15-6-5-14)9(2)10(3)12(8)17-4/h7H,6H2,1-4H3,(H,15,16). The Bertz CT molecular complexity index is 487. The second-order valence-electron chi connectivity index (χ2n) is 3.87. The molecule has 0 bridgehead atoms. The van der Waals surface area contributed by atoms with E-state index in [0.29, 0.717) is 5.56 Å². The molecule has 0 saturated carbocycles. The lowest BCUT2D eigenvalue weighted by molar-refractivity contribution is 0.0957. The summed E-state index contributed by atoms with van der Waals surface area (Å²) in [6.07, 6.45) is 0. The van der Waals surface area contributed by atoms with Crippen molar-refractivity contribution in [3.05, 3.63) is 28.3 Å². The molecule has 0 atom stereocenters. The smallest absolute Gasteiger partial charge is 0.252 e. The van der Waals surface area contributed by atoms with Crippen molar-refractivity contribution >= 4 is 5.91 Å². The third kappa shape index (κ3) is 2.56. The van der Waals surface area contributed by atoms with E-state index in [1.54, 1.807) is 13.2 Å². The van der Waals surface area contributed by atoms with Gasteiger partial charge in [-0.2, -0.15) is 5.26 Å². The summed E-state index contributed by atoms with van der Waals surface area (Å²) in [5.74, 6) is 0.581. The van der Waals surface area contributed by atoms with Gasteiger partial charge in [0.25, 0.3) is 5.91 Å². The summed E-state index contributed by atoms with van der Waals surface area (Å²) in [7, 11) is 1.62. The highest BCUT2D eigenvalue weighted by molar-refractivity contribution is 5.96. The van der Waals surface area contributed by atoms with Crippen LogP contribution in [0.2, 0.25) is 0 Å². The number of methoxy groups -OCH3 is 1. The summed E-state index contributed by atoms with van der Waals surface area (Å²) < 4.78 is 5.29. The molecule has 0 aliphatic rings. The van der Waals surface area contributed by atoms with Crippen molar-refractivity contribution in [3.63, 3.8) is 0 Å². The van der Waals surface area contributed by atoms with Crippen LogP contribution in [-0.2, 0) is 0 Å². The Kier molecular flexibility index (Phi) is 4.11. The van der Waals surface area contributed by atoms with Gasteiger partial charge in [-0.25, -0.2) is 0 Å². The average molecular weight is 232 g/mol. The molecule has 17 heavy (non-hydrogen) atoms. The number of nitrogens with zero attached hydrogens (tertiary/aromatic N) is 1. The van der Waals surface area contributed by atoms with Crippen LogP contribution in [0.3, 0.4) is 0 Å². The van der Waals surface area contributed by atoms with Crippen LogP contribution >= 0.6 is 0 Å². The van der Waals surface area contributed by atoms with E-state index in [9.17, 15) is 4.79 Å². The zero-order chi connectivity index (χ0) is 13.0. The summed E-state index contributed by atoms with van der Waals surface area (Å²) in [6, 6.07) is 3.67. The minimum Gasteiger partial charge on any atom is -0.496 e. The number of hydrogen-bond donors (Lipinski definition) is 1. The topological polar surface area (TPSA) is 62.1 Å². The normalized spacial score (nSPS) is 9.59. The van der Waals surface area contributed by atoms with Gasteiger partial charge in [0, 0.05) is 5.56 Å². The predicted octanol–water partition coefficient (Wildman–Crippen LogP) is 1.87. The molecule has 0 fully saturated rings. The maximum atomic E-state index is 11.8. The van der Waals surface area contributed by atoms with Crippen molar-refractivity contribution in [2.45, 2.75) is 20.8 Å². The minimum absolute atomic E-state index is 0.0163. The van der Waals surface area contributed by atoms with Crippen LogP contribution in [0, 0.1) is 32.1 Å². The third-order valence-electron chi connectivity index (χ3n) is 2.80. The maximum Gasteiger partial charge on any atom is 0.252 e. The fourth-order valence-electron chi connectivity index (χ4n) is 1.82. The number of hydrogen-bond acceptors (Lipinski definition) is 3. The van der Waals surface area contributed by atoms with E-state index in [0.717, 1.165) is 22.4 Å². The molecule has 0 unspecified atom stereocenters. The summed E-state index contributed by atoms with van der Waals surface area (Å²) in [4.78, 5) is 11.8. The molecular weight excluding hydrogens is 216 g/mol. The van der Waals surface area contributed by atoms with E-state index >= 15 is 0 Å². The van der Waals surface area contributed by atoms with Crippen molar-refractivity contribution in [3.8, 4) is 11.8 Å². The third-order valence-corrected chi connectivity index (χ3v) is 2.80. The van der Waals surface area contributed by atoms with E-state index < -0.39 is 0 Å². The van der Waals surface area contributed by atoms with Gasteiger partial charge in [-0.1, -0.05) is 0 Å². The van der Waals surface area contributed by atoms with Gasteiger partial charge in [0.2, 0.25) is 0 Å². The number of aryl methyl sites for hydroxylation is 1. The van der Waals surface area contributed by atoms with Gasteiger partial charge in [-0.3, -0.25) is 4.79 Å². The number of carbonyl (C=O) groups is 1. The van der Waals surface area contributed by atoms with Gasteiger partial charge in [0.1, 0.15) is 12.3 Å². The number of rotatable bonds is 3. The highest BCUT2D eigenvalue weighted by Gasteiger charge is 2.15. The number of carbonyl (C=O) groups excluding carboxylic acids is 1. The molecule has 1 aromatic carbocycles. The second kappa shape index (κ2) is 5.35. The molecule has 4 nitrogen and oxygen atoms in total. The monoisotopic (exact) mass is 232 g/mol. The SMILES string of the molecule is COc1c(C)cc(C(=O)NCC#N)c(C)c1C. The van der Waals surface area contributed by atoms with Crippen molar-refractivity contribution in [1.82, 2.24) is 5.32 Å². The zero-order valence-electron chi connectivity index (χ0n) is 10.5. The van der Waals surface area contributed by atoms with E-state index in [2.05, 4.69) is 5.32 Å². The number of benzene rings is 1. The Balaban J connectivity index is 3.19. The summed E-state index contributed by atoms with van der Waals surface area (Å²) >= 11 is 0. The zero-order valence-corrected chi connectivity index (χ0v) is 10.5. The summed E-state index contributed by atoms with van der Waals surface area (Å²) in [6.45, 7) is 5.70. The molecular formula is C13H16N2O2. The van der Waals surface area contributed by atoms with Crippen LogP contribution in [0.4, 0.5) is 0 Å². The molecule has 90 valence electrons. The molecule has 1 rings (SSSR count). The van der Waals surface area contributed by atoms with Crippen molar-refractivity contribution in [2.24, 2.45) is 0 Å². The summed E-state index contributed by atoms with van der Waals surface area (Å²) in [5.41, 5.74) is 3.34. The summed E-state index contributed by atoms with van der Waals surface area (Å²) in [5, 5.41) is 11.0. The first-order chi connectivity index (χ1) is 8.02. The number of amides is 1. The molecule has 1 aromatic rings. The van der Waals surface area contributed by atoms with Gasteiger partial charge in [-0.15, -0.1) is 0 Å². The van der Waals surface area contributed by atoms with Crippen LogP contribution in [0.1, 0.15) is 27.0 Å². The van der Waals surface area contributed by atoms with Crippen LogP contribution in [0.15, 0.2) is 6.07 Å². The van der Waals surface area contributed by atoms with Gasteiger partial charge < -0.3 is 10.1 Å². The Morgan fingerprint density at radius 2 is 2.06 bits per heavy atom. The van der Waals surface area contributed by atoms with Crippen molar-refractivity contribution in [1.29, 1.82) is 5.26 Å². The van der Waals surface area contributed by atoms with E-state index in [1.807, 2.05) is 26.8 Å². The van der Waals surface area contributed by atoms with Gasteiger partial charge in [0.15, 0.2) is 0 Å². The minimum atomic E-state index is -0.224. The maximum absolute atomic E-state index is 11.8. The Morgan fingerprint density at radius 1 is 1.41 bits per heavy atom. The van der Waals surface area contributed by atoms with Gasteiger partial charge in [0.05, 0.1) is 13.2 Å². The Morgan fingerprint density at radius 3 is 2.59 bits per heavy atom. The largest absolute Gasteiger partial charge is 0.496 e. The first-order valence-corrected chi connectivity index (χ1v) is 5.32. The quantitative estimate of drug-likeness (QED) is 0.809. The van der Waals surface area contributed by atoms with Crippen molar-refractivity contribution < 1.29 is 9.53 Å². The van der Waals surface area contributed by atoms with Crippen LogP contribution in [0.5, 0.6) is 5.75 Å². The molecule has 0 aliphatic heterocycles. The highest BCUT2D eigenvalue weighted by Crippen LogP contribution is 2.28. The predicted molar refractivity (Wildman–Crippen MR) is 65.2 cm³/mol. The van der Waals surface area contributed by atoms with Crippen LogP contribution < -0.4 is 10.1 Å². The Hall–Kier alpha value is -2.02. The lowest BCUT2D eigenvalue weighted by Gasteiger charge is -2.14. The molecule has 0 radical (unpaired) electrons. The molecule has 4 heteroatoms. The molecule has 1 amide bonds. The van der Waals surface area contributed by atoms with Gasteiger partial charge in [-0.05, 0) is 43.5 Å². The molecule has 0 saturated heterocycles. The van der Waals surface area contributed by atoms with E-state index in [1.165, 1.54) is 0 Å². The average Bonchev–Trinajstić information content (AvgIpc) is 2.31. The van der Waals surface area contributed by atoms with Crippen LogP contribution in [0.25, 0.3) is 0 Å². The van der Waals surface area contributed by atoms with E-state index in [-0.39, 0.29) is 12.5 Å². The molecule has 0 heterocycles. The molecule has 1 N–H and O–H groups in total. The van der Waals surface area contributed by atoms with Gasteiger partial charge >= 0.3 is 0 Å². The molecule has 0 aliphatic carbocycles. The lowest BCUT2D eigenvalue weighted by Crippen LogP contribution is -2.24. The fraction of sp³-hybridized carbons (Fsp3) is 0.385. The first kappa shape index (κ1) is 13.0. The fourth-order valence-corrected chi connectivity index (χ4v) is 1.82. The number of ether oxygens (including phenoxy) is 1. The molecule has 0 aromatic heterocycles. The second-order valence-corrected chi connectivity index (χ2v) is 3.87. The number of nitrogens with one attached hydrogen (secondary N) is 1. The molecule has 0 spiro atoms. The van der Waals surface area contributed by atoms with Crippen molar-refractivity contribution in [2.75, 3.05) is 13.7 Å². The van der Waals surface area contributed by atoms with E-state index in [4.69, 9.17) is 10.00 Å². The highest BCUT2D eigenvalue weighted by atomic mass is 16.5. The first-order valence-electron chi connectivity index (χ1n) is 5.32. The Labute approximate surface area is 101 Å². The lowest BCUT2D eigenvalue weighted by atomic mass is 9.98. The van der Waals surface area contributed by atoms with Crippen LogP contribution in [-0.4, -0.2) is 19.6 Å². The number of nitriles is 1.